The number of aryl methyl sites for hydroxylation is 1. The third-order valence-electron chi connectivity index (χ3n) is 4.12. The van der Waals surface area contributed by atoms with E-state index in [0.29, 0.717) is 22.1 Å². The number of halogens is 3. The zero-order valence-electron chi connectivity index (χ0n) is 13.1. The first-order valence-corrected chi connectivity index (χ1v) is 7.51. The molecule has 2 aromatic carbocycles. The molecular formula is C18H12F3N3O. The minimum absolute atomic E-state index is 0.318. The normalized spacial score (nSPS) is 12.2. The average Bonchev–Trinajstić information content (AvgIpc) is 2.97. The molecule has 7 heteroatoms. The summed E-state index contributed by atoms with van der Waals surface area (Å²) in [7, 11) is 1.72. The molecule has 126 valence electrons. The van der Waals surface area contributed by atoms with Gasteiger partial charge in [-0.05, 0) is 30.3 Å². The van der Waals surface area contributed by atoms with Crippen LogP contribution in [0.2, 0.25) is 0 Å². The van der Waals surface area contributed by atoms with Crippen molar-refractivity contribution in [1.29, 1.82) is 0 Å². The number of rotatable bonds is 1. The van der Waals surface area contributed by atoms with Gasteiger partial charge in [-0.1, -0.05) is 18.2 Å². The molecule has 0 bridgehead atoms. The maximum Gasteiger partial charge on any atom is 0.416 e. The number of fused-ring (bicyclic) bond motifs is 3. The monoisotopic (exact) mass is 343 g/mol. The third kappa shape index (κ3) is 2.39. The number of nitrogens with zero attached hydrogens (tertiary/aromatic N) is 3. The van der Waals surface area contributed by atoms with Gasteiger partial charge in [0.15, 0.2) is 0 Å². The van der Waals surface area contributed by atoms with Crippen LogP contribution in [0, 0.1) is 0 Å². The van der Waals surface area contributed by atoms with Gasteiger partial charge in [0.05, 0.1) is 16.5 Å². The van der Waals surface area contributed by atoms with Gasteiger partial charge in [0.25, 0.3) is 5.56 Å². The number of para-hydroxylation sites is 1. The molecule has 4 nitrogen and oxygen atoms in total. The van der Waals surface area contributed by atoms with Gasteiger partial charge < -0.3 is 0 Å². The molecule has 0 saturated heterocycles. The van der Waals surface area contributed by atoms with Crippen LogP contribution in [0.1, 0.15) is 5.56 Å². The molecule has 0 aliphatic heterocycles. The Morgan fingerprint density at radius 2 is 1.64 bits per heavy atom. The Labute approximate surface area is 139 Å². The van der Waals surface area contributed by atoms with Gasteiger partial charge in [-0.15, -0.1) is 0 Å². The SMILES string of the molecule is Cn1cc2c(=O)n(-c3ccc(C(F)(F)F)cc3)c3ccccc3c2n1. The summed E-state index contributed by atoms with van der Waals surface area (Å²) < 4.78 is 41.3. The van der Waals surface area contributed by atoms with Gasteiger partial charge >= 0.3 is 6.18 Å². The molecule has 0 unspecified atom stereocenters. The Hall–Kier alpha value is -3.09. The first-order valence-electron chi connectivity index (χ1n) is 7.51. The molecule has 0 spiro atoms. The third-order valence-corrected chi connectivity index (χ3v) is 4.12. The second-order valence-electron chi connectivity index (χ2n) is 5.77. The van der Waals surface area contributed by atoms with Crippen molar-refractivity contribution in [2.45, 2.75) is 6.18 Å². The van der Waals surface area contributed by atoms with E-state index in [1.54, 1.807) is 30.1 Å². The molecule has 4 aromatic rings. The smallest absolute Gasteiger partial charge is 0.276 e. The van der Waals surface area contributed by atoms with Crippen molar-refractivity contribution in [3.05, 3.63) is 70.6 Å². The number of hydrogen-bond donors (Lipinski definition) is 0. The molecule has 4 rings (SSSR count). The fraction of sp³-hybridized carbons (Fsp3) is 0.111. The van der Waals surface area contributed by atoms with Crippen LogP contribution < -0.4 is 5.56 Å². The van der Waals surface area contributed by atoms with Crippen molar-refractivity contribution in [3.63, 3.8) is 0 Å². The van der Waals surface area contributed by atoms with Gasteiger partial charge in [-0.3, -0.25) is 14.0 Å². The van der Waals surface area contributed by atoms with E-state index in [9.17, 15) is 18.0 Å². The number of aromatic nitrogens is 3. The van der Waals surface area contributed by atoms with Crippen molar-refractivity contribution in [1.82, 2.24) is 14.3 Å². The van der Waals surface area contributed by atoms with Crippen LogP contribution in [0.3, 0.4) is 0 Å². The molecular weight excluding hydrogens is 331 g/mol. The maximum atomic E-state index is 12.9. The number of hydrogen-bond acceptors (Lipinski definition) is 2. The van der Waals surface area contributed by atoms with E-state index in [1.165, 1.54) is 16.7 Å². The molecule has 0 aliphatic rings. The topological polar surface area (TPSA) is 39.8 Å². The van der Waals surface area contributed by atoms with Crippen LogP contribution in [0.25, 0.3) is 27.5 Å². The average molecular weight is 343 g/mol. The maximum absolute atomic E-state index is 12.9. The van der Waals surface area contributed by atoms with E-state index in [0.717, 1.165) is 17.5 Å². The zero-order valence-corrected chi connectivity index (χ0v) is 13.1. The van der Waals surface area contributed by atoms with Crippen molar-refractivity contribution in [3.8, 4) is 5.69 Å². The largest absolute Gasteiger partial charge is 0.416 e. The van der Waals surface area contributed by atoms with E-state index in [4.69, 9.17) is 0 Å². The van der Waals surface area contributed by atoms with E-state index in [1.807, 2.05) is 12.1 Å². The molecule has 0 fully saturated rings. The van der Waals surface area contributed by atoms with Crippen LogP contribution in [0.4, 0.5) is 13.2 Å². The van der Waals surface area contributed by atoms with Gasteiger partial charge in [0.2, 0.25) is 0 Å². The zero-order chi connectivity index (χ0) is 17.8. The Morgan fingerprint density at radius 1 is 0.960 bits per heavy atom. The van der Waals surface area contributed by atoms with Crippen molar-refractivity contribution >= 4 is 21.8 Å². The highest BCUT2D eigenvalue weighted by molar-refractivity contribution is 6.03. The summed E-state index contributed by atoms with van der Waals surface area (Å²) in [6.07, 6.45) is -2.80. The standard InChI is InChI=1S/C18H12F3N3O/c1-23-10-14-16(22-23)13-4-2-3-5-15(13)24(17(14)25)12-8-6-11(7-9-12)18(19,20)21/h2-10H,1H3. The van der Waals surface area contributed by atoms with E-state index in [2.05, 4.69) is 5.10 Å². The number of alkyl halides is 3. The van der Waals surface area contributed by atoms with Crippen LogP contribution in [-0.4, -0.2) is 14.3 Å². The van der Waals surface area contributed by atoms with Crippen molar-refractivity contribution in [2.75, 3.05) is 0 Å². The second-order valence-corrected chi connectivity index (χ2v) is 5.77. The molecule has 0 atom stereocenters. The lowest BCUT2D eigenvalue weighted by Crippen LogP contribution is -2.19. The Bertz CT molecular complexity index is 1150. The highest BCUT2D eigenvalue weighted by Gasteiger charge is 2.30. The van der Waals surface area contributed by atoms with Crippen LogP contribution >= 0.6 is 0 Å². The lowest BCUT2D eigenvalue weighted by molar-refractivity contribution is -0.137. The van der Waals surface area contributed by atoms with Crippen LogP contribution in [0.5, 0.6) is 0 Å². The molecule has 0 saturated carbocycles. The van der Waals surface area contributed by atoms with Crippen molar-refractivity contribution in [2.24, 2.45) is 7.05 Å². The molecule has 0 N–H and O–H groups in total. The lowest BCUT2D eigenvalue weighted by atomic mass is 10.1. The lowest BCUT2D eigenvalue weighted by Gasteiger charge is -2.12. The fourth-order valence-electron chi connectivity index (χ4n) is 3.00. The summed E-state index contributed by atoms with van der Waals surface area (Å²) in [5.74, 6) is 0. The molecule has 2 heterocycles. The summed E-state index contributed by atoms with van der Waals surface area (Å²) in [6.45, 7) is 0. The predicted octanol–water partition coefficient (Wildman–Crippen LogP) is 3.90. The summed E-state index contributed by atoms with van der Waals surface area (Å²) in [6, 6.07) is 11.8. The van der Waals surface area contributed by atoms with Gasteiger partial charge in [-0.25, -0.2) is 0 Å². The molecule has 25 heavy (non-hydrogen) atoms. The van der Waals surface area contributed by atoms with Gasteiger partial charge in [-0.2, -0.15) is 18.3 Å². The fourth-order valence-corrected chi connectivity index (χ4v) is 3.00. The van der Waals surface area contributed by atoms with Crippen LogP contribution in [-0.2, 0) is 13.2 Å². The summed E-state index contributed by atoms with van der Waals surface area (Å²) in [5, 5.41) is 5.52. The molecule has 2 aromatic heterocycles. The Balaban J connectivity index is 2.06. The van der Waals surface area contributed by atoms with E-state index in [-0.39, 0.29) is 5.56 Å². The summed E-state index contributed by atoms with van der Waals surface area (Å²) >= 11 is 0. The predicted molar refractivity (Wildman–Crippen MR) is 88.8 cm³/mol. The van der Waals surface area contributed by atoms with Gasteiger partial charge in [0, 0.05) is 24.3 Å². The Kier molecular flexibility index (Phi) is 3.21. The summed E-state index contributed by atoms with van der Waals surface area (Å²) in [4.78, 5) is 12.9. The highest BCUT2D eigenvalue weighted by Crippen LogP contribution is 2.30. The molecule has 0 amide bonds. The van der Waals surface area contributed by atoms with Crippen molar-refractivity contribution < 1.29 is 13.2 Å². The van der Waals surface area contributed by atoms with E-state index < -0.39 is 11.7 Å². The minimum Gasteiger partial charge on any atom is -0.276 e. The first kappa shape index (κ1) is 15.4. The van der Waals surface area contributed by atoms with E-state index >= 15 is 0 Å². The second kappa shape index (κ2) is 5.20. The number of pyridine rings is 1. The quantitative estimate of drug-likeness (QED) is 0.526. The molecule has 0 radical (unpaired) electrons. The number of benzene rings is 2. The summed E-state index contributed by atoms with van der Waals surface area (Å²) in [5.41, 5.74) is 0.474. The Morgan fingerprint density at radius 3 is 2.32 bits per heavy atom. The van der Waals surface area contributed by atoms with Crippen LogP contribution in [0.15, 0.2) is 59.5 Å². The first-order chi connectivity index (χ1) is 11.9. The molecule has 0 aliphatic carbocycles. The highest BCUT2D eigenvalue weighted by atomic mass is 19.4. The minimum atomic E-state index is -4.42. The van der Waals surface area contributed by atoms with Gasteiger partial charge in [0.1, 0.15) is 5.52 Å².